The second kappa shape index (κ2) is 4.15. The molecule has 1 saturated heterocycles. The third-order valence-electron chi connectivity index (χ3n) is 2.90. The van der Waals surface area contributed by atoms with Gasteiger partial charge in [0.15, 0.2) is 0 Å². The molecule has 0 radical (unpaired) electrons. The molecule has 1 aliphatic heterocycles. The Labute approximate surface area is 84.4 Å². The fourth-order valence-electron chi connectivity index (χ4n) is 1.84. The molecule has 0 aliphatic carbocycles. The SMILES string of the molecule is Cc1occc1CNC1CCOC1C. The minimum atomic E-state index is 0.335. The molecule has 1 N–H and O–H groups in total. The van der Waals surface area contributed by atoms with Crippen molar-refractivity contribution in [1.29, 1.82) is 0 Å². The van der Waals surface area contributed by atoms with Crippen LogP contribution in [0.1, 0.15) is 24.7 Å². The number of hydrogen-bond acceptors (Lipinski definition) is 3. The highest BCUT2D eigenvalue weighted by Crippen LogP contribution is 2.14. The summed E-state index contributed by atoms with van der Waals surface area (Å²) in [5, 5.41) is 3.49. The quantitative estimate of drug-likeness (QED) is 0.799. The summed E-state index contributed by atoms with van der Waals surface area (Å²) in [5.41, 5.74) is 1.24. The van der Waals surface area contributed by atoms with Gasteiger partial charge < -0.3 is 14.5 Å². The van der Waals surface area contributed by atoms with E-state index in [9.17, 15) is 0 Å². The number of hydrogen-bond donors (Lipinski definition) is 1. The molecule has 2 unspecified atom stereocenters. The summed E-state index contributed by atoms with van der Waals surface area (Å²) in [6.07, 6.45) is 3.18. The fourth-order valence-corrected chi connectivity index (χ4v) is 1.84. The van der Waals surface area contributed by atoms with E-state index in [4.69, 9.17) is 9.15 Å². The smallest absolute Gasteiger partial charge is 0.105 e. The first-order chi connectivity index (χ1) is 6.77. The Balaban J connectivity index is 1.85. The number of nitrogens with one attached hydrogen (secondary N) is 1. The van der Waals surface area contributed by atoms with Gasteiger partial charge in [-0.25, -0.2) is 0 Å². The Morgan fingerprint density at radius 1 is 1.57 bits per heavy atom. The summed E-state index contributed by atoms with van der Waals surface area (Å²) < 4.78 is 10.7. The summed E-state index contributed by atoms with van der Waals surface area (Å²) >= 11 is 0. The van der Waals surface area contributed by atoms with Crippen LogP contribution in [0, 0.1) is 6.92 Å². The van der Waals surface area contributed by atoms with Gasteiger partial charge in [0.05, 0.1) is 12.4 Å². The molecule has 3 heteroatoms. The molecule has 2 rings (SSSR count). The Hall–Kier alpha value is -0.800. The van der Waals surface area contributed by atoms with Gasteiger partial charge in [0.1, 0.15) is 5.76 Å². The zero-order valence-electron chi connectivity index (χ0n) is 8.75. The van der Waals surface area contributed by atoms with Crippen LogP contribution >= 0.6 is 0 Å². The molecule has 14 heavy (non-hydrogen) atoms. The van der Waals surface area contributed by atoms with Crippen molar-refractivity contribution in [1.82, 2.24) is 5.32 Å². The van der Waals surface area contributed by atoms with Crippen molar-refractivity contribution in [2.45, 2.75) is 39.0 Å². The van der Waals surface area contributed by atoms with Crippen LogP contribution in [0.5, 0.6) is 0 Å². The van der Waals surface area contributed by atoms with Gasteiger partial charge in [-0.15, -0.1) is 0 Å². The van der Waals surface area contributed by atoms with Crippen LogP contribution in [0.3, 0.4) is 0 Å². The Kier molecular flexibility index (Phi) is 2.89. The molecule has 0 bridgehead atoms. The predicted molar refractivity (Wildman–Crippen MR) is 54.1 cm³/mol. The first-order valence-electron chi connectivity index (χ1n) is 5.15. The topological polar surface area (TPSA) is 34.4 Å². The highest BCUT2D eigenvalue weighted by atomic mass is 16.5. The lowest BCUT2D eigenvalue weighted by Crippen LogP contribution is -2.34. The summed E-state index contributed by atoms with van der Waals surface area (Å²) in [6.45, 7) is 5.86. The van der Waals surface area contributed by atoms with E-state index in [2.05, 4.69) is 12.2 Å². The van der Waals surface area contributed by atoms with Gasteiger partial charge in [0, 0.05) is 24.8 Å². The van der Waals surface area contributed by atoms with Crippen LogP contribution in [-0.4, -0.2) is 18.8 Å². The lowest BCUT2D eigenvalue weighted by molar-refractivity contribution is 0.113. The number of rotatable bonds is 3. The Morgan fingerprint density at radius 3 is 3.00 bits per heavy atom. The summed E-state index contributed by atoms with van der Waals surface area (Å²) in [4.78, 5) is 0. The third-order valence-corrected chi connectivity index (χ3v) is 2.90. The van der Waals surface area contributed by atoms with Crippen LogP contribution in [0.2, 0.25) is 0 Å². The molecule has 78 valence electrons. The van der Waals surface area contributed by atoms with Crippen LogP contribution in [-0.2, 0) is 11.3 Å². The standard InChI is InChI=1S/C11H17NO2/c1-8-10(3-5-13-8)7-12-11-4-6-14-9(11)2/h3,5,9,11-12H,4,6-7H2,1-2H3. The molecule has 0 spiro atoms. The normalized spacial score (nSPS) is 27.0. The van der Waals surface area contributed by atoms with E-state index in [1.165, 1.54) is 5.56 Å². The highest BCUT2D eigenvalue weighted by Gasteiger charge is 2.23. The summed E-state index contributed by atoms with van der Waals surface area (Å²) in [5.74, 6) is 1.00. The minimum Gasteiger partial charge on any atom is -0.469 e. The minimum absolute atomic E-state index is 0.335. The molecule has 1 fully saturated rings. The predicted octanol–water partition coefficient (Wildman–Crippen LogP) is 1.86. The van der Waals surface area contributed by atoms with E-state index in [-0.39, 0.29) is 0 Å². The molecule has 3 nitrogen and oxygen atoms in total. The van der Waals surface area contributed by atoms with E-state index < -0.39 is 0 Å². The molecule has 1 aliphatic rings. The van der Waals surface area contributed by atoms with Crippen molar-refractivity contribution >= 4 is 0 Å². The van der Waals surface area contributed by atoms with E-state index in [0.717, 1.165) is 25.3 Å². The average Bonchev–Trinajstić information content (AvgIpc) is 2.72. The van der Waals surface area contributed by atoms with Crippen LogP contribution in [0.4, 0.5) is 0 Å². The van der Waals surface area contributed by atoms with Gasteiger partial charge in [0.2, 0.25) is 0 Å². The first kappa shape index (κ1) is 9.74. The molecule has 0 saturated carbocycles. The molecule has 1 aromatic heterocycles. The van der Waals surface area contributed by atoms with Crippen molar-refractivity contribution in [2.24, 2.45) is 0 Å². The van der Waals surface area contributed by atoms with Gasteiger partial charge in [-0.05, 0) is 26.3 Å². The molecule has 0 aromatic carbocycles. The maximum absolute atomic E-state index is 5.48. The van der Waals surface area contributed by atoms with Crippen molar-refractivity contribution in [3.63, 3.8) is 0 Å². The first-order valence-corrected chi connectivity index (χ1v) is 5.15. The van der Waals surface area contributed by atoms with Crippen LogP contribution in [0.15, 0.2) is 16.7 Å². The number of ether oxygens (including phenoxy) is 1. The van der Waals surface area contributed by atoms with E-state index in [1.54, 1.807) is 6.26 Å². The van der Waals surface area contributed by atoms with Crippen molar-refractivity contribution in [3.05, 3.63) is 23.7 Å². The Morgan fingerprint density at radius 2 is 2.43 bits per heavy atom. The van der Waals surface area contributed by atoms with Crippen molar-refractivity contribution in [3.8, 4) is 0 Å². The zero-order valence-corrected chi connectivity index (χ0v) is 8.75. The fraction of sp³-hybridized carbons (Fsp3) is 0.636. The number of furan rings is 1. The molecule has 2 atom stereocenters. The highest BCUT2D eigenvalue weighted by molar-refractivity contribution is 5.15. The Bertz CT molecular complexity index is 295. The van der Waals surface area contributed by atoms with Crippen molar-refractivity contribution in [2.75, 3.05) is 6.61 Å². The van der Waals surface area contributed by atoms with Crippen LogP contribution in [0.25, 0.3) is 0 Å². The second-order valence-corrected chi connectivity index (χ2v) is 3.85. The molecule has 1 aromatic rings. The maximum atomic E-state index is 5.48. The summed E-state index contributed by atoms with van der Waals surface area (Å²) in [7, 11) is 0. The number of aryl methyl sites for hydroxylation is 1. The molecular weight excluding hydrogens is 178 g/mol. The lowest BCUT2D eigenvalue weighted by Gasteiger charge is -2.15. The second-order valence-electron chi connectivity index (χ2n) is 3.85. The lowest BCUT2D eigenvalue weighted by atomic mass is 10.1. The molecular formula is C11H17NO2. The van der Waals surface area contributed by atoms with Gasteiger partial charge in [-0.1, -0.05) is 0 Å². The van der Waals surface area contributed by atoms with E-state index in [0.29, 0.717) is 12.1 Å². The van der Waals surface area contributed by atoms with Gasteiger partial charge in [-0.2, -0.15) is 0 Å². The average molecular weight is 195 g/mol. The monoisotopic (exact) mass is 195 g/mol. The van der Waals surface area contributed by atoms with Crippen LogP contribution < -0.4 is 5.32 Å². The van der Waals surface area contributed by atoms with Gasteiger partial charge >= 0.3 is 0 Å². The van der Waals surface area contributed by atoms with E-state index >= 15 is 0 Å². The third kappa shape index (κ3) is 1.99. The van der Waals surface area contributed by atoms with Gasteiger partial charge in [-0.3, -0.25) is 0 Å². The maximum Gasteiger partial charge on any atom is 0.105 e. The molecule has 0 amide bonds. The summed E-state index contributed by atoms with van der Waals surface area (Å²) in [6, 6.07) is 2.51. The molecule has 2 heterocycles. The van der Waals surface area contributed by atoms with Crippen molar-refractivity contribution < 1.29 is 9.15 Å². The van der Waals surface area contributed by atoms with E-state index in [1.807, 2.05) is 13.0 Å². The largest absolute Gasteiger partial charge is 0.469 e. The zero-order chi connectivity index (χ0) is 9.97. The van der Waals surface area contributed by atoms with Gasteiger partial charge in [0.25, 0.3) is 0 Å².